The van der Waals surface area contributed by atoms with Gasteiger partial charge in [0.25, 0.3) is 0 Å². The fourth-order valence-electron chi connectivity index (χ4n) is 15.8. The molecule has 0 radical (unpaired) electrons. The summed E-state index contributed by atoms with van der Waals surface area (Å²) in [7, 11) is 0. The second-order valence-corrected chi connectivity index (χ2v) is 28.8. The van der Waals surface area contributed by atoms with E-state index in [9.17, 15) is 0 Å². The Morgan fingerprint density at radius 3 is 0.981 bits per heavy atom. The maximum atomic E-state index is 2.55. The van der Waals surface area contributed by atoms with Crippen molar-refractivity contribution in [2.75, 3.05) is 9.80 Å². The van der Waals surface area contributed by atoms with Crippen LogP contribution in [0.3, 0.4) is 0 Å². The van der Waals surface area contributed by atoms with Crippen LogP contribution in [-0.2, 0) is 25.7 Å². The predicted molar refractivity (Wildman–Crippen MR) is 451 cm³/mol. The van der Waals surface area contributed by atoms with Crippen molar-refractivity contribution < 1.29 is 0 Å². The van der Waals surface area contributed by atoms with Crippen LogP contribution in [0.2, 0.25) is 0 Å². The quantitative estimate of drug-likeness (QED) is 0.0431. The van der Waals surface area contributed by atoms with E-state index in [0.29, 0.717) is 0 Å². The van der Waals surface area contributed by atoms with Gasteiger partial charge in [0.15, 0.2) is 0 Å². The minimum atomic E-state index is 0.990. The maximum Gasteiger partial charge on any atom is 0.0462 e. The van der Waals surface area contributed by atoms with Crippen LogP contribution in [0.5, 0.6) is 0 Å². The highest BCUT2D eigenvalue weighted by molar-refractivity contribution is 6.12. The van der Waals surface area contributed by atoms with E-state index >= 15 is 0 Å². The molecule has 0 spiro atoms. The zero-order chi connectivity index (χ0) is 71.1. The van der Waals surface area contributed by atoms with Crippen LogP contribution in [0.15, 0.2) is 303 Å². The summed E-state index contributed by atoms with van der Waals surface area (Å²) in [6, 6.07) is 115. The fraction of sp³-hybridized carbons (Fsp3) is 0.216. The van der Waals surface area contributed by atoms with Gasteiger partial charge < -0.3 is 9.80 Å². The van der Waals surface area contributed by atoms with Gasteiger partial charge in [-0.2, -0.15) is 0 Å². The monoisotopic (exact) mass is 1350 g/mol. The number of nitrogens with zero attached hydrogens (tertiary/aromatic N) is 2. The summed E-state index contributed by atoms with van der Waals surface area (Å²) in [6.45, 7) is 13.5. The van der Waals surface area contributed by atoms with Gasteiger partial charge in [-0.1, -0.05) is 334 Å². The molecule has 14 rings (SSSR count). The highest BCUT2D eigenvalue weighted by atomic mass is 15.1. The molecule has 14 aromatic rings. The minimum absolute atomic E-state index is 0.990. The lowest BCUT2D eigenvalue weighted by atomic mass is 9.86. The molecular formula is C102H100N2. The predicted octanol–water partition coefficient (Wildman–Crippen LogP) is 30.1. The van der Waals surface area contributed by atoms with E-state index in [0.717, 1.165) is 59.8 Å². The number of aryl methyl sites for hydroxylation is 6. The molecule has 0 N–H and O–H groups in total. The van der Waals surface area contributed by atoms with Crippen molar-refractivity contribution in [2.24, 2.45) is 0 Å². The highest BCUT2D eigenvalue weighted by Crippen LogP contribution is 2.46. The zero-order valence-electron chi connectivity index (χ0n) is 62.1. The van der Waals surface area contributed by atoms with Crippen molar-refractivity contribution >= 4 is 55.7 Å². The van der Waals surface area contributed by atoms with Crippen molar-refractivity contribution in [1.82, 2.24) is 0 Å². The van der Waals surface area contributed by atoms with Crippen molar-refractivity contribution in [3.8, 4) is 77.9 Å². The van der Waals surface area contributed by atoms with E-state index in [1.807, 2.05) is 0 Å². The number of fused-ring (bicyclic) bond motifs is 2. The van der Waals surface area contributed by atoms with Crippen LogP contribution in [-0.4, -0.2) is 0 Å². The molecule has 0 saturated heterocycles. The molecule has 0 aliphatic carbocycles. The molecule has 0 saturated carbocycles. The van der Waals surface area contributed by atoms with Crippen LogP contribution in [0.4, 0.5) is 34.1 Å². The Morgan fingerprint density at radius 2 is 0.548 bits per heavy atom. The lowest BCUT2D eigenvalue weighted by molar-refractivity contribution is 0.607. The summed E-state index contributed by atoms with van der Waals surface area (Å²) < 4.78 is 0. The van der Waals surface area contributed by atoms with Crippen molar-refractivity contribution in [3.05, 3.63) is 337 Å². The highest BCUT2D eigenvalue weighted by Gasteiger charge is 2.21. The first-order valence-electron chi connectivity index (χ1n) is 38.9. The summed E-state index contributed by atoms with van der Waals surface area (Å²) >= 11 is 0. The summed E-state index contributed by atoms with van der Waals surface area (Å²) in [4.78, 5) is 4.83. The molecular weight excluding hydrogens is 1250 g/mol. The van der Waals surface area contributed by atoms with Crippen LogP contribution in [0.25, 0.3) is 99.4 Å². The van der Waals surface area contributed by atoms with E-state index < -0.39 is 0 Å². The molecule has 0 unspecified atom stereocenters. The van der Waals surface area contributed by atoms with Crippen molar-refractivity contribution in [2.45, 2.75) is 144 Å². The molecule has 0 bridgehead atoms. The lowest BCUT2D eigenvalue weighted by Gasteiger charge is -2.26. The third-order valence-corrected chi connectivity index (χ3v) is 21.6. The fourth-order valence-corrected chi connectivity index (χ4v) is 15.8. The van der Waals surface area contributed by atoms with Crippen LogP contribution in [0, 0.1) is 13.8 Å². The standard InChI is InChI=1S/C102H100N2/c1-7-11-13-15-17-21-28-75-38-65-98-95(85-47-59-91(60-48-85)103(87-51-39-81(40-52-87)79-30-23-19-24-31-79)89-55-43-83(44-56-89)93-63-36-73(5)68-77(93)9-3)66-67-99(101(98)70-75)96-34-27-35-97-100(71-76(72-102(96)97)29-22-18-16-14-12-8-2)86-49-61-92(62-50-86)104(88-53-41-82(42-54-88)80-32-25-20-26-33-80)90-57-45-84(46-58-90)94-64-37-74(6)69-78(94)10-4/h19-20,23-27,30-72H,7-18,21-22,28-29H2,1-6H3. The van der Waals surface area contributed by atoms with Gasteiger partial charge in [0.1, 0.15) is 0 Å². The van der Waals surface area contributed by atoms with Crippen molar-refractivity contribution in [3.63, 3.8) is 0 Å². The molecule has 518 valence electrons. The number of benzene rings is 14. The smallest absolute Gasteiger partial charge is 0.0462 e. The van der Waals surface area contributed by atoms with Gasteiger partial charge in [-0.15, -0.1) is 0 Å². The SMILES string of the molecule is CCCCCCCCc1ccc2c(-c3ccc(N(c4ccc(-c5ccccc5)cc4)c4ccc(-c5ccc(C)cc5CC)cc4)cc3)ccc(-c3cccc4c(-c5ccc(N(c6ccc(-c7ccccc7)cc6)c6ccc(-c7ccc(C)cc7CC)cc6)cc5)cc(CCCCCCCC)cc34)c2c1. The molecule has 0 atom stereocenters. The average Bonchev–Trinajstić information content (AvgIpc) is 0.748. The van der Waals surface area contributed by atoms with Crippen LogP contribution < -0.4 is 9.80 Å². The van der Waals surface area contributed by atoms with E-state index in [-0.39, 0.29) is 0 Å². The molecule has 0 aliphatic heterocycles. The first-order chi connectivity index (χ1) is 51.2. The Labute approximate surface area is 620 Å². The average molecular weight is 1350 g/mol. The van der Waals surface area contributed by atoms with Crippen LogP contribution in [0.1, 0.15) is 138 Å². The molecule has 14 aromatic carbocycles. The van der Waals surface area contributed by atoms with E-state index in [2.05, 4.69) is 355 Å². The molecule has 2 nitrogen and oxygen atoms in total. The number of hydrogen-bond donors (Lipinski definition) is 0. The Bertz CT molecular complexity index is 5130. The van der Waals surface area contributed by atoms with Gasteiger partial charge in [-0.05, 0) is 247 Å². The second-order valence-electron chi connectivity index (χ2n) is 28.8. The molecule has 0 aliphatic rings. The van der Waals surface area contributed by atoms with Crippen LogP contribution >= 0.6 is 0 Å². The summed E-state index contributed by atoms with van der Waals surface area (Å²) in [5.74, 6) is 0. The first kappa shape index (κ1) is 70.2. The number of unbranched alkanes of at least 4 members (excludes halogenated alkanes) is 10. The first-order valence-corrected chi connectivity index (χ1v) is 38.9. The van der Waals surface area contributed by atoms with E-state index in [4.69, 9.17) is 0 Å². The Balaban J connectivity index is 0.849. The van der Waals surface area contributed by atoms with Gasteiger partial charge in [-0.3, -0.25) is 0 Å². The van der Waals surface area contributed by atoms with Gasteiger partial charge in [0.05, 0.1) is 0 Å². The third-order valence-electron chi connectivity index (χ3n) is 21.6. The van der Waals surface area contributed by atoms with Gasteiger partial charge in [0.2, 0.25) is 0 Å². The summed E-state index contributed by atoms with van der Waals surface area (Å²) in [5, 5.41) is 5.17. The maximum absolute atomic E-state index is 2.55. The summed E-state index contributed by atoms with van der Waals surface area (Å²) in [5.41, 5.74) is 32.3. The second kappa shape index (κ2) is 33.5. The largest absolute Gasteiger partial charge is 0.311 e. The van der Waals surface area contributed by atoms with E-state index in [1.54, 1.807) is 0 Å². The molecule has 0 aromatic heterocycles. The van der Waals surface area contributed by atoms with Crippen molar-refractivity contribution in [1.29, 1.82) is 0 Å². The molecule has 0 fully saturated rings. The van der Waals surface area contributed by atoms with Gasteiger partial charge in [0, 0.05) is 34.1 Å². The zero-order valence-corrected chi connectivity index (χ0v) is 62.1. The lowest BCUT2D eigenvalue weighted by Crippen LogP contribution is -2.09. The Kier molecular flexibility index (Phi) is 22.7. The normalized spacial score (nSPS) is 11.4. The number of anilines is 6. The molecule has 0 heterocycles. The Hall–Kier alpha value is -10.8. The molecule has 104 heavy (non-hydrogen) atoms. The molecule has 0 amide bonds. The molecule has 2 heteroatoms. The third kappa shape index (κ3) is 16.0. The number of rotatable bonds is 29. The summed E-state index contributed by atoms with van der Waals surface area (Å²) in [6.07, 6.45) is 19.3. The van der Waals surface area contributed by atoms with Gasteiger partial charge >= 0.3 is 0 Å². The minimum Gasteiger partial charge on any atom is -0.311 e. The van der Waals surface area contributed by atoms with E-state index in [1.165, 1.54) is 210 Å². The Morgan fingerprint density at radius 1 is 0.212 bits per heavy atom. The van der Waals surface area contributed by atoms with Gasteiger partial charge in [-0.25, -0.2) is 0 Å². The topological polar surface area (TPSA) is 6.48 Å². The number of hydrogen-bond acceptors (Lipinski definition) is 2.